The highest BCUT2D eigenvalue weighted by Gasteiger charge is 2.34. The van der Waals surface area contributed by atoms with Crippen LogP contribution in [0.3, 0.4) is 0 Å². The zero-order valence-electron chi connectivity index (χ0n) is 13.5. The Balaban J connectivity index is 1.85. The van der Waals surface area contributed by atoms with Crippen LogP contribution in [0.4, 0.5) is 0 Å². The highest BCUT2D eigenvalue weighted by molar-refractivity contribution is 5.77. The van der Waals surface area contributed by atoms with Crippen LogP contribution in [-0.2, 0) is 4.79 Å². The summed E-state index contributed by atoms with van der Waals surface area (Å²) in [7, 11) is 2.02. The van der Waals surface area contributed by atoms with Gasteiger partial charge in [0.1, 0.15) is 0 Å². The number of piperazine rings is 1. The van der Waals surface area contributed by atoms with Gasteiger partial charge >= 0.3 is 0 Å². The summed E-state index contributed by atoms with van der Waals surface area (Å²) in [6.45, 7) is 8.31. The van der Waals surface area contributed by atoms with E-state index in [1.165, 1.54) is 19.3 Å². The van der Waals surface area contributed by atoms with Gasteiger partial charge in [0, 0.05) is 44.2 Å². The summed E-state index contributed by atoms with van der Waals surface area (Å²) in [6.07, 6.45) is 6.84. The van der Waals surface area contributed by atoms with Crippen molar-refractivity contribution in [3.05, 3.63) is 0 Å². The molecule has 0 unspecified atom stereocenters. The fourth-order valence-electron chi connectivity index (χ4n) is 3.63. The minimum Gasteiger partial charge on any atom is -0.340 e. The van der Waals surface area contributed by atoms with Crippen molar-refractivity contribution in [1.29, 1.82) is 0 Å². The van der Waals surface area contributed by atoms with Gasteiger partial charge in [0.2, 0.25) is 5.91 Å². The van der Waals surface area contributed by atoms with E-state index in [1.807, 2.05) is 7.05 Å². The number of carbonyl (C=O) groups excluding carboxylic acids is 1. The molecule has 1 amide bonds. The molecule has 116 valence electrons. The van der Waals surface area contributed by atoms with E-state index in [2.05, 4.69) is 29.0 Å². The molecule has 2 rings (SSSR count). The molecule has 0 aromatic carbocycles. The fraction of sp³-hybridized carbons (Fsp3) is 0.938. The lowest BCUT2D eigenvalue weighted by Crippen LogP contribution is -2.54. The summed E-state index contributed by atoms with van der Waals surface area (Å²) in [5.74, 6) is 0.352. The Hall–Kier alpha value is -0.610. The van der Waals surface area contributed by atoms with Crippen LogP contribution in [0, 0.1) is 0 Å². The molecule has 20 heavy (non-hydrogen) atoms. The van der Waals surface area contributed by atoms with E-state index in [9.17, 15) is 4.79 Å². The maximum atomic E-state index is 12.6. The molecule has 1 N–H and O–H groups in total. The van der Waals surface area contributed by atoms with Crippen molar-refractivity contribution >= 4 is 5.91 Å². The molecule has 1 aliphatic heterocycles. The summed E-state index contributed by atoms with van der Waals surface area (Å²) >= 11 is 0. The van der Waals surface area contributed by atoms with Crippen LogP contribution in [-0.4, -0.2) is 60.5 Å². The third-order valence-electron chi connectivity index (χ3n) is 5.23. The molecule has 0 aromatic heterocycles. The lowest BCUT2D eigenvalue weighted by molar-refractivity contribution is -0.135. The summed E-state index contributed by atoms with van der Waals surface area (Å²) < 4.78 is 0. The lowest BCUT2D eigenvalue weighted by Gasteiger charge is -2.41. The first-order valence-electron chi connectivity index (χ1n) is 8.27. The molecule has 0 spiro atoms. The van der Waals surface area contributed by atoms with Gasteiger partial charge in [-0.2, -0.15) is 0 Å². The van der Waals surface area contributed by atoms with Gasteiger partial charge in [-0.25, -0.2) is 0 Å². The van der Waals surface area contributed by atoms with Crippen molar-refractivity contribution in [3.63, 3.8) is 0 Å². The molecule has 2 aliphatic rings. The van der Waals surface area contributed by atoms with Gasteiger partial charge in [-0.1, -0.05) is 19.3 Å². The highest BCUT2D eigenvalue weighted by atomic mass is 16.2. The van der Waals surface area contributed by atoms with Gasteiger partial charge in [0.15, 0.2) is 0 Å². The molecule has 0 radical (unpaired) electrons. The third-order valence-corrected chi connectivity index (χ3v) is 5.23. The number of amides is 1. The van der Waals surface area contributed by atoms with Crippen LogP contribution in [0.2, 0.25) is 0 Å². The van der Waals surface area contributed by atoms with Crippen LogP contribution in [0.25, 0.3) is 0 Å². The van der Waals surface area contributed by atoms with E-state index in [0.717, 1.165) is 39.0 Å². The minimum absolute atomic E-state index is 0.0739. The normalized spacial score (nSPS) is 24.1. The van der Waals surface area contributed by atoms with Crippen molar-refractivity contribution < 1.29 is 4.79 Å². The third kappa shape index (κ3) is 3.73. The Morgan fingerprint density at radius 2 is 1.70 bits per heavy atom. The highest BCUT2D eigenvalue weighted by Crippen LogP contribution is 2.31. The Labute approximate surface area is 123 Å². The number of hydrogen-bond acceptors (Lipinski definition) is 3. The van der Waals surface area contributed by atoms with Crippen LogP contribution in [0.5, 0.6) is 0 Å². The number of carbonyl (C=O) groups is 1. The number of nitrogens with one attached hydrogen (secondary N) is 1. The summed E-state index contributed by atoms with van der Waals surface area (Å²) in [6, 6.07) is 0.592. The van der Waals surface area contributed by atoms with Crippen LogP contribution < -0.4 is 5.32 Å². The average molecular weight is 281 g/mol. The van der Waals surface area contributed by atoms with E-state index in [0.29, 0.717) is 18.4 Å². The molecule has 4 nitrogen and oxygen atoms in total. The van der Waals surface area contributed by atoms with Gasteiger partial charge in [-0.05, 0) is 33.7 Å². The number of rotatable bonds is 4. The Kier molecular flexibility index (Phi) is 5.44. The number of nitrogens with zero attached hydrogens (tertiary/aromatic N) is 2. The van der Waals surface area contributed by atoms with Gasteiger partial charge in [-0.3, -0.25) is 9.69 Å². The van der Waals surface area contributed by atoms with Crippen molar-refractivity contribution in [1.82, 2.24) is 15.1 Å². The first-order chi connectivity index (χ1) is 9.56. The molecule has 0 atom stereocenters. The van der Waals surface area contributed by atoms with Crippen LogP contribution in [0.15, 0.2) is 0 Å². The Morgan fingerprint density at radius 3 is 2.20 bits per heavy atom. The Morgan fingerprint density at radius 1 is 1.10 bits per heavy atom. The molecular formula is C16H31N3O. The smallest absolute Gasteiger partial charge is 0.224 e. The first-order valence-corrected chi connectivity index (χ1v) is 8.27. The van der Waals surface area contributed by atoms with Gasteiger partial charge in [-0.15, -0.1) is 0 Å². The molecule has 1 saturated heterocycles. The van der Waals surface area contributed by atoms with E-state index in [-0.39, 0.29) is 5.54 Å². The molecule has 4 heteroatoms. The Bertz CT molecular complexity index is 316. The van der Waals surface area contributed by atoms with Crippen molar-refractivity contribution in [2.75, 3.05) is 33.2 Å². The van der Waals surface area contributed by atoms with Crippen molar-refractivity contribution in [2.24, 2.45) is 0 Å². The maximum absolute atomic E-state index is 12.6. The predicted octanol–water partition coefficient (Wildman–Crippen LogP) is 1.85. The largest absolute Gasteiger partial charge is 0.340 e. The molecule has 0 bridgehead atoms. The molecular weight excluding hydrogens is 250 g/mol. The van der Waals surface area contributed by atoms with E-state index in [4.69, 9.17) is 0 Å². The quantitative estimate of drug-likeness (QED) is 0.854. The molecule has 1 heterocycles. The second-order valence-corrected chi connectivity index (χ2v) is 6.78. The van der Waals surface area contributed by atoms with Crippen LogP contribution in [0.1, 0.15) is 52.4 Å². The zero-order valence-corrected chi connectivity index (χ0v) is 13.5. The standard InChI is InChI=1S/C16H31N3O/c1-14(2)18-9-11-19(12-10-18)15(20)13-16(17-3)7-5-4-6-8-16/h14,17H,4-13H2,1-3H3. The average Bonchev–Trinajstić information content (AvgIpc) is 2.48. The molecule has 2 fully saturated rings. The predicted molar refractivity (Wildman–Crippen MR) is 82.8 cm³/mol. The number of hydrogen-bond donors (Lipinski definition) is 1. The second kappa shape index (κ2) is 6.90. The first kappa shape index (κ1) is 15.8. The zero-order chi connectivity index (χ0) is 14.6. The van der Waals surface area contributed by atoms with E-state index in [1.54, 1.807) is 0 Å². The van der Waals surface area contributed by atoms with Crippen LogP contribution >= 0.6 is 0 Å². The van der Waals surface area contributed by atoms with Gasteiger partial charge in [0.05, 0.1) is 0 Å². The van der Waals surface area contributed by atoms with Crippen molar-refractivity contribution in [3.8, 4) is 0 Å². The summed E-state index contributed by atoms with van der Waals surface area (Å²) in [5, 5.41) is 3.46. The summed E-state index contributed by atoms with van der Waals surface area (Å²) in [4.78, 5) is 17.1. The fourth-order valence-corrected chi connectivity index (χ4v) is 3.63. The summed E-state index contributed by atoms with van der Waals surface area (Å²) in [5.41, 5.74) is 0.0739. The topological polar surface area (TPSA) is 35.6 Å². The molecule has 1 aliphatic carbocycles. The SMILES string of the molecule is CNC1(CC(=O)N2CCN(C(C)C)CC2)CCCCC1. The monoisotopic (exact) mass is 281 g/mol. The van der Waals surface area contributed by atoms with Crippen molar-refractivity contribution in [2.45, 2.75) is 64.0 Å². The second-order valence-electron chi connectivity index (χ2n) is 6.78. The van der Waals surface area contributed by atoms with E-state index >= 15 is 0 Å². The lowest BCUT2D eigenvalue weighted by atomic mass is 9.79. The maximum Gasteiger partial charge on any atom is 0.224 e. The van der Waals surface area contributed by atoms with Gasteiger partial charge < -0.3 is 10.2 Å². The van der Waals surface area contributed by atoms with Gasteiger partial charge in [0.25, 0.3) is 0 Å². The minimum atomic E-state index is 0.0739. The molecule has 1 saturated carbocycles. The van der Waals surface area contributed by atoms with E-state index < -0.39 is 0 Å². The molecule has 0 aromatic rings.